The summed E-state index contributed by atoms with van der Waals surface area (Å²) >= 11 is 5.47. The van der Waals surface area contributed by atoms with Crippen molar-refractivity contribution in [3.63, 3.8) is 0 Å². The quantitative estimate of drug-likeness (QED) is 0.444. The van der Waals surface area contributed by atoms with Gasteiger partial charge in [-0.15, -0.1) is 0 Å². The van der Waals surface area contributed by atoms with Crippen LogP contribution in [-0.4, -0.2) is 30.3 Å². The molecule has 1 aromatic carbocycles. The van der Waals surface area contributed by atoms with Crippen LogP contribution in [0.1, 0.15) is 19.4 Å². The van der Waals surface area contributed by atoms with Crippen molar-refractivity contribution in [1.29, 1.82) is 0 Å². The molecule has 0 aliphatic rings. The summed E-state index contributed by atoms with van der Waals surface area (Å²) in [6.45, 7) is 1.34. The highest BCUT2D eigenvalue weighted by molar-refractivity contribution is 6.30. The molecular formula is C14H13ClF6N2O3. The molecule has 0 radical (unpaired) electrons. The first kappa shape index (κ1) is 21.9. The Bertz CT molecular complexity index is 692. The standard InChI is InChI=1S/C14H13ClF6N2O3/c1-3-26-11(25)12(14(19,20)21,22-7(2)24)23-10-5-4-8(15)6-9(10)13(16,17)18/h4-6,23H,3H2,1-2H3,(H,22,24)/t12-/m1/s1. The molecule has 12 heteroatoms. The molecule has 1 atom stereocenters. The number of alkyl halides is 6. The van der Waals surface area contributed by atoms with Gasteiger partial charge < -0.3 is 15.4 Å². The molecule has 0 aliphatic carbocycles. The largest absolute Gasteiger partial charge is 0.463 e. The van der Waals surface area contributed by atoms with E-state index in [1.54, 1.807) is 0 Å². The molecule has 0 spiro atoms. The molecule has 0 bridgehead atoms. The lowest BCUT2D eigenvalue weighted by Crippen LogP contribution is -2.69. The van der Waals surface area contributed by atoms with Crippen molar-refractivity contribution < 1.29 is 40.7 Å². The van der Waals surface area contributed by atoms with E-state index in [0.29, 0.717) is 19.1 Å². The monoisotopic (exact) mass is 406 g/mol. The van der Waals surface area contributed by atoms with Crippen molar-refractivity contribution in [2.24, 2.45) is 0 Å². The fourth-order valence-electron chi connectivity index (χ4n) is 1.96. The Morgan fingerprint density at radius 3 is 2.15 bits per heavy atom. The molecule has 1 aromatic rings. The number of carbonyl (C=O) groups is 2. The highest BCUT2D eigenvalue weighted by atomic mass is 35.5. The maximum Gasteiger partial charge on any atom is 0.441 e. The third-order valence-corrected chi connectivity index (χ3v) is 3.21. The van der Waals surface area contributed by atoms with Crippen LogP contribution in [0.25, 0.3) is 0 Å². The average molecular weight is 407 g/mol. The zero-order valence-corrected chi connectivity index (χ0v) is 14.1. The lowest BCUT2D eigenvalue weighted by molar-refractivity contribution is -0.207. The number of halogens is 7. The minimum absolute atomic E-state index is 0.379. The van der Waals surface area contributed by atoms with E-state index in [2.05, 4.69) is 4.74 Å². The summed E-state index contributed by atoms with van der Waals surface area (Å²) in [5, 5.41) is 2.36. The van der Waals surface area contributed by atoms with Gasteiger partial charge in [-0.1, -0.05) is 11.6 Å². The maximum atomic E-state index is 13.6. The van der Waals surface area contributed by atoms with Gasteiger partial charge in [0.25, 0.3) is 0 Å². The molecule has 0 heterocycles. The smallest absolute Gasteiger partial charge is 0.441 e. The van der Waals surface area contributed by atoms with Gasteiger partial charge in [0.1, 0.15) is 0 Å². The van der Waals surface area contributed by atoms with Gasteiger partial charge in [0.05, 0.1) is 12.2 Å². The highest BCUT2D eigenvalue weighted by Crippen LogP contribution is 2.40. The Kier molecular flexibility index (Phi) is 6.40. The molecule has 1 amide bonds. The number of hydrogen-bond acceptors (Lipinski definition) is 4. The van der Waals surface area contributed by atoms with Crippen molar-refractivity contribution in [3.05, 3.63) is 28.8 Å². The van der Waals surface area contributed by atoms with Crippen LogP contribution >= 0.6 is 11.6 Å². The normalized spacial score (nSPS) is 14.3. The van der Waals surface area contributed by atoms with Crippen molar-refractivity contribution in [2.75, 3.05) is 11.9 Å². The minimum atomic E-state index is -5.53. The van der Waals surface area contributed by atoms with E-state index in [4.69, 9.17) is 11.6 Å². The third kappa shape index (κ3) is 4.71. The summed E-state index contributed by atoms with van der Waals surface area (Å²) in [5.41, 5.74) is -6.61. The number of amides is 1. The fraction of sp³-hybridized carbons (Fsp3) is 0.429. The van der Waals surface area contributed by atoms with Crippen LogP contribution < -0.4 is 10.6 Å². The molecule has 0 fully saturated rings. The first-order valence-corrected chi connectivity index (χ1v) is 7.30. The van der Waals surface area contributed by atoms with E-state index >= 15 is 0 Å². The predicted octanol–water partition coefficient (Wildman–Crippen LogP) is 3.73. The first-order valence-electron chi connectivity index (χ1n) is 6.92. The van der Waals surface area contributed by atoms with Crippen LogP contribution in [-0.2, 0) is 20.5 Å². The number of anilines is 1. The van der Waals surface area contributed by atoms with Crippen LogP contribution in [0.5, 0.6) is 0 Å². The second kappa shape index (κ2) is 7.60. The Labute approximate surface area is 148 Å². The van der Waals surface area contributed by atoms with Gasteiger partial charge in [-0.3, -0.25) is 4.79 Å². The van der Waals surface area contributed by atoms with Gasteiger partial charge in [0.15, 0.2) is 0 Å². The molecule has 146 valence electrons. The van der Waals surface area contributed by atoms with Gasteiger partial charge in [0.2, 0.25) is 5.91 Å². The fourth-order valence-corrected chi connectivity index (χ4v) is 2.13. The van der Waals surface area contributed by atoms with Crippen molar-refractivity contribution in [2.45, 2.75) is 31.9 Å². The summed E-state index contributed by atoms with van der Waals surface area (Å²) in [5.74, 6) is -3.35. The number of carbonyl (C=O) groups excluding carboxylic acids is 2. The van der Waals surface area contributed by atoms with E-state index in [9.17, 15) is 35.9 Å². The number of ether oxygens (including phenoxy) is 1. The molecule has 26 heavy (non-hydrogen) atoms. The summed E-state index contributed by atoms with van der Waals surface area (Å²) in [7, 11) is 0. The van der Waals surface area contributed by atoms with Gasteiger partial charge >= 0.3 is 24.0 Å². The Balaban J connectivity index is 3.61. The zero-order chi connectivity index (χ0) is 20.3. The predicted molar refractivity (Wildman–Crippen MR) is 79.3 cm³/mol. The van der Waals surface area contributed by atoms with Crippen molar-refractivity contribution >= 4 is 29.2 Å². The summed E-state index contributed by atoms with van der Waals surface area (Å²) in [6, 6.07) is 1.87. The molecule has 0 saturated heterocycles. The molecule has 1 rings (SSSR count). The van der Waals surface area contributed by atoms with Gasteiger partial charge in [-0.25, -0.2) is 4.79 Å². The zero-order valence-electron chi connectivity index (χ0n) is 13.3. The second-order valence-electron chi connectivity index (χ2n) is 4.96. The van der Waals surface area contributed by atoms with Gasteiger partial charge in [0, 0.05) is 17.6 Å². The Morgan fingerprint density at radius 1 is 1.15 bits per heavy atom. The number of benzene rings is 1. The molecule has 0 saturated carbocycles. The summed E-state index contributed by atoms with van der Waals surface area (Å²) in [6.07, 6.45) is -10.6. The van der Waals surface area contributed by atoms with E-state index in [1.165, 1.54) is 17.6 Å². The Hall–Kier alpha value is -2.17. The van der Waals surface area contributed by atoms with Crippen LogP contribution in [0, 0.1) is 0 Å². The number of hydrogen-bond donors (Lipinski definition) is 2. The average Bonchev–Trinajstić information content (AvgIpc) is 2.45. The highest BCUT2D eigenvalue weighted by Gasteiger charge is 2.63. The van der Waals surface area contributed by atoms with Gasteiger partial charge in [-0.2, -0.15) is 26.3 Å². The summed E-state index contributed by atoms with van der Waals surface area (Å²) in [4.78, 5) is 23.2. The molecule has 0 unspecified atom stereocenters. The minimum Gasteiger partial charge on any atom is -0.463 e. The van der Waals surface area contributed by atoms with E-state index in [-0.39, 0.29) is 0 Å². The Morgan fingerprint density at radius 2 is 1.73 bits per heavy atom. The van der Waals surface area contributed by atoms with Crippen molar-refractivity contribution in [3.8, 4) is 0 Å². The van der Waals surface area contributed by atoms with Crippen LogP contribution in [0.2, 0.25) is 5.02 Å². The summed E-state index contributed by atoms with van der Waals surface area (Å²) < 4.78 is 84.5. The number of rotatable bonds is 5. The third-order valence-electron chi connectivity index (χ3n) is 2.98. The van der Waals surface area contributed by atoms with Crippen LogP contribution in [0.15, 0.2) is 18.2 Å². The van der Waals surface area contributed by atoms with Crippen LogP contribution in [0.4, 0.5) is 32.0 Å². The van der Waals surface area contributed by atoms with E-state index in [1.807, 2.05) is 0 Å². The molecule has 0 aliphatic heterocycles. The molecule has 5 nitrogen and oxygen atoms in total. The van der Waals surface area contributed by atoms with Crippen LogP contribution in [0.3, 0.4) is 0 Å². The van der Waals surface area contributed by atoms with Crippen molar-refractivity contribution in [1.82, 2.24) is 5.32 Å². The number of esters is 1. The topological polar surface area (TPSA) is 67.4 Å². The lowest BCUT2D eigenvalue weighted by Gasteiger charge is -2.35. The lowest BCUT2D eigenvalue weighted by atomic mass is 10.1. The SMILES string of the molecule is CCOC(=O)[C@@](NC(C)=O)(Nc1ccc(Cl)cc1C(F)(F)F)C(F)(F)F. The van der Waals surface area contributed by atoms with E-state index in [0.717, 1.165) is 6.07 Å². The van der Waals surface area contributed by atoms with E-state index < -0.39 is 52.8 Å². The molecular weight excluding hydrogens is 394 g/mol. The molecule has 0 aromatic heterocycles. The first-order chi connectivity index (χ1) is 11.7. The maximum absolute atomic E-state index is 13.6. The van der Waals surface area contributed by atoms with Gasteiger partial charge in [-0.05, 0) is 25.1 Å². The number of nitrogens with one attached hydrogen (secondary N) is 2. The second-order valence-corrected chi connectivity index (χ2v) is 5.40. The molecule has 2 N–H and O–H groups in total.